The number of carbonyl (C=O) groups is 3. The fraction of sp³-hybridized carbons (Fsp3) is 0.182. The van der Waals surface area contributed by atoms with Crippen molar-refractivity contribution in [1.82, 2.24) is 5.32 Å². The Hall–Kier alpha value is -2.17. The zero-order chi connectivity index (χ0) is 11.7. The van der Waals surface area contributed by atoms with Crippen molar-refractivity contribution >= 4 is 17.7 Å². The van der Waals surface area contributed by atoms with Gasteiger partial charge in [0.25, 0.3) is 5.91 Å². The number of fused-ring (bicyclic) bond motifs is 1. The summed E-state index contributed by atoms with van der Waals surface area (Å²) in [5.41, 5.74) is 0.536. The molecular weight excluding hydrogens is 210 g/mol. The molecule has 0 unspecified atom stereocenters. The van der Waals surface area contributed by atoms with Gasteiger partial charge in [0.05, 0.1) is 12.7 Å². The van der Waals surface area contributed by atoms with Gasteiger partial charge in [-0.05, 0) is 6.07 Å². The third kappa shape index (κ3) is 1.46. The molecule has 2 rings (SSSR count). The predicted octanol–water partition coefficient (Wildman–Crippen LogP) is 0.154. The first-order valence-electron chi connectivity index (χ1n) is 4.67. The minimum absolute atomic E-state index is 0.252. The first kappa shape index (κ1) is 10.4. The molecule has 1 N–H and O–H groups in total. The number of hydrogen-bond acceptors (Lipinski definition) is 4. The summed E-state index contributed by atoms with van der Waals surface area (Å²) >= 11 is 0. The molecule has 1 aliphatic rings. The summed E-state index contributed by atoms with van der Waals surface area (Å²) in [7, 11) is 1.17. The van der Waals surface area contributed by atoms with E-state index in [-0.39, 0.29) is 11.1 Å². The summed E-state index contributed by atoms with van der Waals surface area (Å²) < 4.78 is 4.45. The molecule has 1 aliphatic heterocycles. The van der Waals surface area contributed by atoms with Crippen LogP contribution in [0.4, 0.5) is 0 Å². The highest BCUT2D eigenvalue weighted by atomic mass is 16.5. The van der Waals surface area contributed by atoms with Crippen LogP contribution in [0, 0.1) is 0 Å². The van der Waals surface area contributed by atoms with E-state index in [4.69, 9.17) is 0 Å². The maximum absolute atomic E-state index is 11.8. The predicted molar refractivity (Wildman–Crippen MR) is 54.0 cm³/mol. The van der Waals surface area contributed by atoms with Crippen molar-refractivity contribution in [3.8, 4) is 0 Å². The van der Waals surface area contributed by atoms with Crippen molar-refractivity contribution < 1.29 is 19.1 Å². The summed E-state index contributed by atoms with van der Waals surface area (Å²) in [5.74, 6) is -1.64. The van der Waals surface area contributed by atoms with Gasteiger partial charge in [0, 0.05) is 5.56 Å². The van der Waals surface area contributed by atoms with Crippen LogP contribution in [-0.4, -0.2) is 30.8 Å². The maximum atomic E-state index is 11.8. The van der Waals surface area contributed by atoms with Gasteiger partial charge >= 0.3 is 5.97 Å². The van der Waals surface area contributed by atoms with Crippen molar-refractivity contribution in [2.24, 2.45) is 0 Å². The van der Waals surface area contributed by atoms with E-state index in [2.05, 4.69) is 10.1 Å². The molecule has 0 saturated carbocycles. The number of amides is 1. The van der Waals surface area contributed by atoms with Crippen molar-refractivity contribution in [1.29, 1.82) is 0 Å². The van der Waals surface area contributed by atoms with Crippen LogP contribution in [0.25, 0.3) is 0 Å². The van der Waals surface area contributed by atoms with E-state index < -0.39 is 23.7 Å². The number of benzene rings is 1. The second-order valence-electron chi connectivity index (χ2n) is 3.34. The number of ketones is 1. The Kier molecular flexibility index (Phi) is 2.44. The highest BCUT2D eigenvalue weighted by Crippen LogP contribution is 2.16. The lowest BCUT2D eigenvalue weighted by molar-refractivity contribution is -0.141. The molecule has 1 aromatic carbocycles. The van der Waals surface area contributed by atoms with E-state index >= 15 is 0 Å². The van der Waals surface area contributed by atoms with Crippen molar-refractivity contribution in [3.05, 3.63) is 35.4 Å². The number of esters is 1. The molecule has 0 fully saturated rings. The molecule has 0 saturated heterocycles. The van der Waals surface area contributed by atoms with Crippen molar-refractivity contribution in [2.75, 3.05) is 7.11 Å². The second-order valence-corrected chi connectivity index (χ2v) is 3.34. The Balaban J connectivity index is 2.46. The first-order valence-corrected chi connectivity index (χ1v) is 4.67. The quantitative estimate of drug-likeness (QED) is 0.539. The zero-order valence-corrected chi connectivity index (χ0v) is 8.52. The first-order chi connectivity index (χ1) is 7.65. The summed E-state index contributed by atoms with van der Waals surface area (Å²) in [6.45, 7) is 0. The normalized spacial score (nSPS) is 18.7. The van der Waals surface area contributed by atoms with E-state index in [1.807, 2.05) is 0 Å². The maximum Gasteiger partial charge on any atom is 0.336 e. The van der Waals surface area contributed by atoms with Gasteiger partial charge in [0.1, 0.15) is 0 Å². The van der Waals surface area contributed by atoms with Gasteiger partial charge in [0.15, 0.2) is 11.8 Å². The van der Waals surface area contributed by atoms with Gasteiger partial charge in [-0.3, -0.25) is 9.59 Å². The monoisotopic (exact) mass is 219 g/mol. The molecule has 0 radical (unpaired) electrons. The highest BCUT2D eigenvalue weighted by molar-refractivity contribution is 6.22. The molecule has 16 heavy (non-hydrogen) atoms. The fourth-order valence-electron chi connectivity index (χ4n) is 1.61. The Morgan fingerprint density at radius 1 is 1.25 bits per heavy atom. The van der Waals surface area contributed by atoms with E-state index in [9.17, 15) is 14.4 Å². The molecule has 5 nitrogen and oxygen atoms in total. The number of methoxy groups -OCH3 is 1. The standard InChI is InChI=1S/C11H9NO4/c1-16-11(15)8-9(13)6-4-2-3-5-7(6)10(14)12-8/h2-5,8H,1H3,(H,12,14)/t8-/m1/s1. The largest absolute Gasteiger partial charge is 0.467 e. The van der Waals surface area contributed by atoms with E-state index in [1.54, 1.807) is 12.1 Å². The SMILES string of the molecule is COC(=O)[C@@H]1NC(=O)c2ccccc2C1=O. The molecular formula is C11H9NO4. The molecule has 0 aliphatic carbocycles. The van der Waals surface area contributed by atoms with Gasteiger partial charge in [-0.25, -0.2) is 4.79 Å². The molecule has 0 spiro atoms. The summed E-state index contributed by atoms with van der Waals surface area (Å²) in [6.07, 6.45) is 0. The topological polar surface area (TPSA) is 72.5 Å². The van der Waals surface area contributed by atoms with Crippen LogP contribution in [0.2, 0.25) is 0 Å². The van der Waals surface area contributed by atoms with Crippen LogP contribution < -0.4 is 5.32 Å². The highest BCUT2D eigenvalue weighted by Gasteiger charge is 2.36. The minimum Gasteiger partial charge on any atom is -0.467 e. The summed E-state index contributed by atoms with van der Waals surface area (Å²) in [6, 6.07) is 5.13. The third-order valence-corrected chi connectivity index (χ3v) is 2.41. The Labute approximate surface area is 91.4 Å². The van der Waals surface area contributed by atoms with Crippen molar-refractivity contribution in [3.63, 3.8) is 0 Å². The molecule has 1 heterocycles. The summed E-state index contributed by atoms with van der Waals surface area (Å²) in [4.78, 5) is 34.7. The lowest BCUT2D eigenvalue weighted by Gasteiger charge is -2.22. The fourth-order valence-corrected chi connectivity index (χ4v) is 1.61. The molecule has 5 heteroatoms. The zero-order valence-electron chi connectivity index (χ0n) is 8.52. The summed E-state index contributed by atoms with van der Waals surface area (Å²) in [5, 5.41) is 2.31. The number of carbonyl (C=O) groups excluding carboxylic acids is 3. The molecule has 82 valence electrons. The van der Waals surface area contributed by atoms with Crippen LogP contribution in [-0.2, 0) is 9.53 Å². The van der Waals surface area contributed by atoms with Crippen molar-refractivity contribution in [2.45, 2.75) is 6.04 Å². The number of rotatable bonds is 1. The number of hydrogen-bond donors (Lipinski definition) is 1. The van der Waals surface area contributed by atoms with Crippen LogP contribution in [0.5, 0.6) is 0 Å². The average Bonchev–Trinajstić information content (AvgIpc) is 2.33. The average molecular weight is 219 g/mol. The Morgan fingerprint density at radius 3 is 2.50 bits per heavy atom. The van der Waals surface area contributed by atoms with Crippen LogP contribution in [0.3, 0.4) is 0 Å². The van der Waals surface area contributed by atoms with E-state index in [0.717, 1.165) is 0 Å². The third-order valence-electron chi connectivity index (χ3n) is 2.41. The van der Waals surface area contributed by atoms with Gasteiger partial charge in [0.2, 0.25) is 0 Å². The number of ether oxygens (including phenoxy) is 1. The number of nitrogens with one attached hydrogen (secondary N) is 1. The lowest BCUT2D eigenvalue weighted by atomic mass is 9.94. The van der Waals surface area contributed by atoms with Crippen LogP contribution in [0.1, 0.15) is 20.7 Å². The minimum atomic E-state index is -1.23. The molecule has 1 atom stereocenters. The van der Waals surface area contributed by atoms with E-state index in [0.29, 0.717) is 0 Å². The smallest absolute Gasteiger partial charge is 0.336 e. The Morgan fingerprint density at radius 2 is 1.88 bits per heavy atom. The van der Waals surface area contributed by atoms with Gasteiger partial charge in [-0.2, -0.15) is 0 Å². The van der Waals surface area contributed by atoms with Crippen LogP contribution >= 0.6 is 0 Å². The van der Waals surface area contributed by atoms with Gasteiger partial charge in [-0.15, -0.1) is 0 Å². The molecule has 0 bridgehead atoms. The second kappa shape index (κ2) is 3.77. The van der Waals surface area contributed by atoms with Gasteiger partial charge < -0.3 is 10.1 Å². The van der Waals surface area contributed by atoms with Gasteiger partial charge in [-0.1, -0.05) is 18.2 Å². The lowest BCUT2D eigenvalue weighted by Crippen LogP contribution is -2.51. The molecule has 1 aromatic rings. The van der Waals surface area contributed by atoms with Crippen LogP contribution in [0.15, 0.2) is 24.3 Å². The Bertz CT molecular complexity index is 481. The molecule has 0 aromatic heterocycles. The molecule has 1 amide bonds. The number of Topliss-reactive ketones (excluding diaryl/α,β-unsaturated/α-hetero) is 1. The van der Waals surface area contributed by atoms with E-state index in [1.165, 1.54) is 19.2 Å².